The molecule has 1 aromatic heterocycles. The molecule has 1 heterocycles. The predicted octanol–water partition coefficient (Wildman–Crippen LogP) is 1.37. The summed E-state index contributed by atoms with van der Waals surface area (Å²) < 4.78 is 1.64. The molecule has 0 bridgehead atoms. The van der Waals surface area contributed by atoms with Crippen molar-refractivity contribution in [1.82, 2.24) is 9.55 Å². The maximum Gasteiger partial charge on any atom is 0.226 e. The molecule has 0 aliphatic heterocycles. The quantitative estimate of drug-likeness (QED) is 0.806. The SMILES string of the molecule is N#Cc1nccn1CCC(=O)Nc1cccc(N)c1. The molecule has 0 spiro atoms. The molecule has 6 heteroatoms. The van der Waals surface area contributed by atoms with Gasteiger partial charge in [0.05, 0.1) is 0 Å². The summed E-state index contributed by atoms with van der Waals surface area (Å²) in [6.07, 6.45) is 3.47. The fraction of sp³-hybridized carbons (Fsp3) is 0.154. The summed E-state index contributed by atoms with van der Waals surface area (Å²) in [5, 5.41) is 11.5. The normalized spacial score (nSPS) is 9.84. The van der Waals surface area contributed by atoms with Crippen LogP contribution in [0.1, 0.15) is 12.2 Å². The van der Waals surface area contributed by atoms with Crippen LogP contribution in [0.4, 0.5) is 11.4 Å². The standard InChI is InChI=1S/C13H13N5O/c14-9-12-16-5-7-18(12)6-4-13(19)17-11-3-1-2-10(15)8-11/h1-3,5,7-8H,4,6,15H2,(H,17,19). The molecule has 0 saturated carbocycles. The Morgan fingerprint density at radius 1 is 1.53 bits per heavy atom. The van der Waals surface area contributed by atoms with Crippen molar-refractivity contribution in [2.24, 2.45) is 0 Å². The van der Waals surface area contributed by atoms with Gasteiger partial charge in [-0.05, 0) is 18.2 Å². The van der Waals surface area contributed by atoms with Gasteiger partial charge in [-0.3, -0.25) is 4.79 Å². The van der Waals surface area contributed by atoms with Crippen LogP contribution in [0.5, 0.6) is 0 Å². The lowest BCUT2D eigenvalue weighted by atomic mass is 10.2. The minimum absolute atomic E-state index is 0.136. The molecule has 0 aliphatic rings. The Bertz CT molecular complexity index is 626. The zero-order valence-electron chi connectivity index (χ0n) is 10.2. The van der Waals surface area contributed by atoms with Crippen molar-refractivity contribution in [3.05, 3.63) is 42.5 Å². The molecular formula is C13H13N5O. The molecule has 0 saturated heterocycles. The average Bonchev–Trinajstić information content (AvgIpc) is 2.83. The third kappa shape index (κ3) is 3.33. The fourth-order valence-corrected chi connectivity index (χ4v) is 1.66. The van der Waals surface area contributed by atoms with Crippen molar-refractivity contribution in [3.8, 4) is 6.07 Å². The van der Waals surface area contributed by atoms with Crippen LogP contribution in [0.3, 0.4) is 0 Å². The Balaban J connectivity index is 1.90. The highest BCUT2D eigenvalue weighted by Crippen LogP contribution is 2.12. The van der Waals surface area contributed by atoms with Crippen molar-refractivity contribution >= 4 is 17.3 Å². The number of imidazole rings is 1. The van der Waals surface area contributed by atoms with Gasteiger partial charge >= 0.3 is 0 Å². The summed E-state index contributed by atoms with van der Waals surface area (Å²) in [5.74, 6) is 0.167. The zero-order valence-corrected chi connectivity index (χ0v) is 10.2. The van der Waals surface area contributed by atoms with Crippen molar-refractivity contribution in [2.45, 2.75) is 13.0 Å². The first-order valence-corrected chi connectivity index (χ1v) is 5.75. The van der Waals surface area contributed by atoms with Crippen molar-refractivity contribution < 1.29 is 4.79 Å². The number of aryl methyl sites for hydroxylation is 1. The Kier molecular flexibility index (Phi) is 3.78. The number of amides is 1. The van der Waals surface area contributed by atoms with Crippen LogP contribution in [0.2, 0.25) is 0 Å². The number of carbonyl (C=O) groups excluding carboxylic acids is 1. The van der Waals surface area contributed by atoms with Gasteiger partial charge in [0.2, 0.25) is 11.7 Å². The molecule has 0 fully saturated rings. The van der Waals surface area contributed by atoms with Crippen LogP contribution in [0, 0.1) is 11.3 Å². The molecule has 19 heavy (non-hydrogen) atoms. The highest BCUT2D eigenvalue weighted by Gasteiger charge is 2.06. The van der Waals surface area contributed by atoms with Crippen LogP contribution < -0.4 is 11.1 Å². The summed E-state index contributed by atoms with van der Waals surface area (Å²) in [6, 6.07) is 8.94. The van der Waals surface area contributed by atoms with E-state index >= 15 is 0 Å². The molecule has 2 aromatic rings. The van der Waals surface area contributed by atoms with Gasteiger partial charge in [0.15, 0.2) is 0 Å². The second-order valence-corrected chi connectivity index (χ2v) is 3.98. The van der Waals surface area contributed by atoms with Crippen molar-refractivity contribution in [2.75, 3.05) is 11.1 Å². The zero-order chi connectivity index (χ0) is 13.7. The number of rotatable bonds is 4. The summed E-state index contributed by atoms with van der Waals surface area (Å²) in [7, 11) is 0. The number of nitrogen functional groups attached to an aromatic ring is 1. The molecule has 6 nitrogen and oxygen atoms in total. The van der Waals surface area contributed by atoms with Gasteiger partial charge < -0.3 is 15.6 Å². The number of nitriles is 1. The number of nitrogens with zero attached hydrogens (tertiary/aromatic N) is 3. The van der Waals surface area contributed by atoms with Crippen LogP contribution >= 0.6 is 0 Å². The number of carbonyl (C=O) groups is 1. The summed E-state index contributed by atoms with van der Waals surface area (Å²) >= 11 is 0. The molecule has 1 amide bonds. The number of nitrogens with two attached hydrogens (primary N) is 1. The number of hydrogen-bond acceptors (Lipinski definition) is 4. The van der Waals surface area contributed by atoms with Crippen LogP contribution in [-0.2, 0) is 11.3 Å². The lowest BCUT2D eigenvalue weighted by Gasteiger charge is -2.06. The maximum atomic E-state index is 11.8. The van der Waals surface area contributed by atoms with E-state index in [0.29, 0.717) is 23.7 Å². The molecule has 0 radical (unpaired) electrons. The van der Waals surface area contributed by atoms with Gasteiger partial charge in [-0.15, -0.1) is 0 Å². The Labute approximate surface area is 110 Å². The molecule has 3 N–H and O–H groups in total. The van der Waals surface area contributed by atoms with E-state index in [9.17, 15) is 4.79 Å². The lowest BCUT2D eigenvalue weighted by Crippen LogP contribution is -2.15. The highest BCUT2D eigenvalue weighted by molar-refractivity contribution is 5.91. The summed E-state index contributed by atoms with van der Waals surface area (Å²) in [4.78, 5) is 15.6. The largest absolute Gasteiger partial charge is 0.399 e. The third-order valence-corrected chi connectivity index (χ3v) is 2.57. The van der Waals surface area contributed by atoms with E-state index in [0.717, 1.165) is 0 Å². The Hall–Kier alpha value is -2.81. The highest BCUT2D eigenvalue weighted by atomic mass is 16.1. The second kappa shape index (κ2) is 5.69. The maximum absolute atomic E-state index is 11.8. The van der Waals surface area contributed by atoms with Gasteiger partial charge in [-0.1, -0.05) is 6.07 Å². The molecular weight excluding hydrogens is 242 g/mol. The molecule has 1 aromatic carbocycles. The predicted molar refractivity (Wildman–Crippen MR) is 71.0 cm³/mol. The smallest absolute Gasteiger partial charge is 0.226 e. The molecule has 0 atom stereocenters. The van der Waals surface area contributed by atoms with E-state index in [1.54, 1.807) is 35.0 Å². The molecule has 96 valence electrons. The first-order valence-electron chi connectivity index (χ1n) is 5.75. The summed E-state index contributed by atoms with van der Waals surface area (Å²) in [6.45, 7) is 0.414. The van der Waals surface area contributed by atoms with E-state index in [-0.39, 0.29) is 12.3 Å². The van der Waals surface area contributed by atoms with Gasteiger partial charge in [0.1, 0.15) is 6.07 Å². The summed E-state index contributed by atoms with van der Waals surface area (Å²) in [5.41, 5.74) is 6.88. The number of nitrogens with one attached hydrogen (secondary N) is 1. The molecule has 0 unspecified atom stereocenters. The molecule has 0 aliphatic carbocycles. The molecule has 2 rings (SSSR count). The van der Waals surface area contributed by atoms with Crippen LogP contribution in [0.15, 0.2) is 36.7 Å². The fourth-order valence-electron chi connectivity index (χ4n) is 1.66. The first-order chi connectivity index (χ1) is 9.19. The average molecular weight is 255 g/mol. The van der Waals surface area contributed by atoms with E-state index in [1.165, 1.54) is 6.20 Å². The third-order valence-electron chi connectivity index (χ3n) is 2.57. The number of anilines is 2. The van der Waals surface area contributed by atoms with Gasteiger partial charge in [-0.2, -0.15) is 5.26 Å². The Morgan fingerprint density at radius 3 is 3.11 bits per heavy atom. The van der Waals surface area contributed by atoms with Gasteiger partial charge in [0.25, 0.3) is 0 Å². The second-order valence-electron chi connectivity index (χ2n) is 3.98. The number of aromatic nitrogens is 2. The number of hydrogen-bond donors (Lipinski definition) is 2. The Morgan fingerprint density at radius 2 is 2.37 bits per heavy atom. The van der Waals surface area contributed by atoms with Crippen LogP contribution in [0.25, 0.3) is 0 Å². The van der Waals surface area contributed by atoms with E-state index in [1.807, 2.05) is 6.07 Å². The first kappa shape index (κ1) is 12.6. The van der Waals surface area contributed by atoms with Gasteiger partial charge in [0, 0.05) is 36.7 Å². The topological polar surface area (TPSA) is 96.7 Å². The minimum atomic E-state index is -0.136. The monoisotopic (exact) mass is 255 g/mol. The van der Waals surface area contributed by atoms with Crippen molar-refractivity contribution in [3.63, 3.8) is 0 Å². The van der Waals surface area contributed by atoms with Crippen molar-refractivity contribution in [1.29, 1.82) is 5.26 Å². The van der Waals surface area contributed by atoms with E-state index < -0.39 is 0 Å². The number of benzene rings is 1. The lowest BCUT2D eigenvalue weighted by molar-refractivity contribution is -0.116. The van der Waals surface area contributed by atoms with E-state index in [2.05, 4.69) is 10.3 Å². The van der Waals surface area contributed by atoms with Crippen LogP contribution in [-0.4, -0.2) is 15.5 Å². The minimum Gasteiger partial charge on any atom is -0.399 e. The van der Waals surface area contributed by atoms with Gasteiger partial charge in [-0.25, -0.2) is 4.98 Å². The van der Waals surface area contributed by atoms with E-state index in [4.69, 9.17) is 11.0 Å².